The highest BCUT2D eigenvalue weighted by atomic mass is 35.5. The Kier molecular flexibility index (Phi) is 2.03. The third kappa shape index (κ3) is 1.38. The smallest absolute Gasteiger partial charge is 0.253 e. The second-order valence-corrected chi connectivity index (χ2v) is 2.44. The van der Waals surface area contributed by atoms with Crippen LogP contribution in [0.5, 0.6) is 0 Å². The van der Waals surface area contributed by atoms with E-state index in [9.17, 15) is 17.6 Å². The zero-order valence-electron chi connectivity index (χ0n) is 5.78. The van der Waals surface area contributed by atoms with Gasteiger partial charge in [-0.1, -0.05) is 11.6 Å². The first-order valence-electron chi connectivity index (χ1n) is 2.79. The van der Waals surface area contributed by atoms with Crippen LogP contribution in [-0.2, 0) is 13.2 Å². The molecule has 0 unspecified atom stereocenters. The van der Waals surface area contributed by atoms with E-state index in [0.717, 1.165) is 7.05 Å². The number of hydrogen-bond acceptors (Lipinski definition) is 1. The molecule has 0 aliphatic carbocycles. The van der Waals surface area contributed by atoms with Gasteiger partial charge in [0, 0.05) is 7.05 Å². The largest absolute Gasteiger partial charge is 0.423 e. The standard InChI is InChI=1S/C5H3ClF4N2/c1-12-3(6)2(4(7)11-12)5(8,9)10/h1H3. The molecule has 1 rings (SSSR count). The van der Waals surface area contributed by atoms with E-state index in [-0.39, 0.29) is 0 Å². The molecule has 0 aliphatic heterocycles. The molecule has 0 amide bonds. The monoisotopic (exact) mass is 202 g/mol. The second-order valence-electron chi connectivity index (χ2n) is 2.08. The minimum absolute atomic E-state index is 0.625. The zero-order chi connectivity index (χ0) is 9.52. The van der Waals surface area contributed by atoms with Crippen LogP contribution in [0.15, 0.2) is 0 Å². The predicted octanol–water partition coefficient (Wildman–Crippen LogP) is 2.23. The summed E-state index contributed by atoms with van der Waals surface area (Å²) < 4.78 is 48.9. The van der Waals surface area contributed by atoms with Crippen molar-refractivity contribution in [3.8, 4) is 0 Å². The Morgan fingerprint density at radius 1 is 1.42 bits per heavy atom. The molecule has 1 aromatic rings. The Bertz CT molecular complexity index is 303. The molecular weight excluding hydrogens is 200 g/mol. The van der Waals surface area contributed by atoms with E-state index < -0.39 is 22.8 Å². The van der Waals surface area contributed by atoms with Crippen LogP contribution in [0.4, 0.5) is 17.6 Å². The highest BCUT2D eigenvalue weighted by Gasteiger charge is 2.39. The van der Waals surface area contributed by atoms with Crippen LogP contribution in [0.25, 0.3) is 0 Å². The van der Waals surface area contributed by atoms with Gasteiger partial charge in [0.25, 0.3) is 0 Å². The summed E-state index contributed by atoms with van der Waals surface area (Å²) in [5.74, 6) is -1.60. The fourth-order valence-corrected chi connectivity index (χ4v) is 0.929. The van der Waals surface area contributed by atoms with Crippen LogP contribution in [0, 0.1) is 5.95 Å². The maximum Gasteiger partial charge on any atom is 0.423 e. The van der Waals surface area contributed by atoms with E-state index in [1.165, 1.54) is 0 Å². The van der Waals surface area contributed by atoms with Crippen LogP contribution in [0.1, 0.15) is 5.56 Å². The summed E-state index contributed by atoms with van der Waals surface area (Å²) in [6.45, 7) is 0. The average Bonchev–Trinajstić information content (AvgIpc) is 2.05. The summed E-state index contributed by atoms with van der Waals surface area (Å²) in [5, 5.41) is 2.13. The Balaban J connectivity index is 3.32. The van der Waals surface area contributed by atoms with Crippen molar-refractivity contribution in [3.63, 3.8) is 0 Å². The lowest BCUT2D eigenvalue weighted by Gasteiger charge is -2.02. The molecule has 12 heavy (non-hydrogen) atoms. The van der Waals surface area contributed by atoms with Gasteiger partial charge >= 0.3 is 6.18 Å². The molecule has 0 aromatic carbocycles. The van der Waals surface area contributed by atoms with Crippen molar-refractivity contribution in [1.29, 1.82) is 0 Å². The van der Waals surface area contributed by atoms with Gasteiger partial charge in [0.05, 0.1) is 0 Å². The van der Waals surface area contributed by atoms with Gasteiger partial charge in [-0.3, -0.25) is 4.68 Å². The van der Waals surface area contributed by atoms with Crippen molar-refractivity contribution < 1.29 is 17.6 Å². The summed E-state index contributed by atoms with van der Waals surface area (Å²) in [6.07, 6.45) is -4.80. The van der Waals surface area contributed by atoms with E-state index in [1.807, 2.05) is 0 Å². The lowest BCUT2D eigenvalue weighted by atomic mass is 10.3. The van der Waals surface area contributed by atoms with Crippen molar-refractivity contribution in [2.45, 2.75) is 6.18 Å². The van der Waals surface area contributed by atoms with E-state index in [0.29, 0.717) is 4.68 Å². The molecule has 1 heterocycles. The summed E-state index contributed by atoms with van der Waals surface area (Å²) in [4.78, 5) is 0. The average molecular weight is 203 g/mol. The fourth-order valence-electron chi connectivity index (χ4n) is 0.706. The molecule has 0 atom stereocenters. The Morgan fingerprint density at radius 2 is 1.92 bits per heavy atom. The molecule has 0 spiro atoms. The zero-order valence-corrected chi connectivity index (χ0v) is 6.54. The number of halogens is 5. The van der Waals surface area contributed by atoms with E-state index in [4.69, 9.17) is 11.6 Å². The Hall–Kier alpha value is -0.780. The third-order valence-electron chi connectivity index (χ3n) is 1.22. The van der Waals surface area contributed by atoms with Gasteiger partial charge < -0.3 is 0 Å². The first kappa shape index (κ1) is 9.31. The first-order chi connectivity index (χ1) is 5.34. The number of nitrogens with zero attached hydrogens (tertiary/aromatic N) is 2. The highest BCUT2D eigenvalue weighted by Crippen LogP contribution is 2.35. The van der Waals surface area contributed by atoms with Gasteiger partial charge in [-0.2, -0.15) is 17.6 Å². The maximum atomic E-state index is 12.4. The quantitative estimate of drug-likeness (QED) is 0.590. The number of aromatic nitrogens is 2. The van der Waals surface area contributed by atoms with Crippen LogP contribution in [-0.4, -0.2) is 9.78 Å². The molecular formula is C5H3ClF4N2. The molecule has 7 heteroatoms. The van der Waals surface area contributed by atoms with Crippen LogP contribution in [0.3, 0.4) is 0 Å². The van der Waals surface area contributed by atoms with E-state index >= 15 is 0 Å². The van der Waals surface area contributed by atoms with Gasteiger partial charge in [0.2, 0.25) is 5.95 Å². The van der Waals surface area contributed by atoms with Crippen LogP contribution in [0.2, 0.25) is 5.15 Å². The Labute approximate surface area is 69.7 Å². The van der Waals surface area contributed by atoms with E-state index in [2.05, 4.69) is 5.10 Å². The highest BCUT2D eigenvalue weighted by molar-refractivity contribution is 6.30. The fraction of sp³-hybridized carbons (Fsp3) is 0.400. The molecule has 0 N–H and O–H groups in total. The van der Waals surface area contributed by atoms with Crippen LogP contribution < -0.4 is 0 Å². The summed E-state index contributed by atoms with van der Waals surface area (Å²) in [6, 6.07) is 0. The number of alkyl halides is 3. The summed E-state index contributed by atoms with van der Waals surface area (Å²) in [5.41, 5.74) is -1.52. The lowest BCUT2D eigenvalue weighted by molar-refractivity contribution is -0.139. The molecule has 2 nitrogen and oxygen atoms in total. The molecule has 68 valence electrons. The first-order valence-corrected chi connectivity index (χ1v) is 3.17. The molecule has 0 bridgehead atoms. The minimum Gasteiger partial charge on any atom is -0.253 e. The van der Waals surface area contributed by atoms with Gasteiger partial charge in [0.1, 0.15) is 10.7 Å². The molecule has 0 aliphatic rings. The molecule has 1 aromatic heterocycles. The summed E-state index contributed by atoms with van der Waals surface area (Å²) in [7, 11) is 1.13. The van der Waals surface area contributed by atoms with Crippen LogP contribution >= 0.6 is 11.6 Å². The van der Waals surface area contributed by atoms with Crippen molar-refractivity contribution in [2.75, 3.05) is 0 Å². The molecule has 0 fully saturated rings. The Morgan fingerprint density at radius 3 is 2.08 bits per heavy atom. The molecule has 0 radical (unpaired) electrons. The number of rotatable bonds is 0. The maximum absolute atomic E-state index is 12.4. The van der Waals surface area contributed by atoms with Gasteiger partial charge in [-0.25, -0.2) is 0 Å². The minimum atomic E-state index is -4.80. The normalized spacial score (nSPS) is 12.2. The van der Waals surface area contributed by atoms with Gasteiger partial charge in [0.15, 0.2) is 0 Å². The van der Waals surface area contributed by atoms with Gasteiger partial charge in [-0.05, 0) is 0 Å². The summed E-state index contributed by atoms with van der Waals surface area (Å²) >= 11 is 5.14. The second kappa shape index (κ2) is 2.62. The van der Waals surface area contributed by atoms with Crippen molar-refractivity contribution in [1.82, 2.24) is 9.78 Å². The lowest BCUT2D eigenvalue weighted by Crippen LogP contribution is -2.06. The molecule has 0 saturated carbocycles. The van der Waals surface area contributed by atoms with Crippen molar-refractivity contribution in [3.05, 3.63) is 16.7 Å². The number of aryl methyl sites for hydroxylation is 1. The van der Waals surface area contributed by atoms with Crippen molar-refractivity contribution >= 4 is 11.6 Å². The van der Waals surface area contributed by atoms with Crippen molar-refractivity contribution in [2.24, 2.45) is 7.05 Å². The number of hydrogen-bond donors (Lipinski definition) is 0. The SMILES string of the molecule is Cn1nc(F)c(C(F)(F)F)c1Cl. The topological polar surface area (TPSA) is 17.8 Å². The third-order valence-corrected chi connectivity index (χ3v) is 1.65. The van der Waals surface area contributed by atoms with Gasteiger partial charge in [-0.15, -0.1) is 5.10 Å². The predicted molar refractivity (Wildman–Crippen MR) is 33.2 cm³/mol. The molecule has 0 saturated heterocycles. The van der Waals surface area contributed by atoms with E-state index in [1.54, 1.807) is 0 Å².